The van der Waals surface area contributed by atoms with Crippen molar-refractivity contribution in [1.82, 2.24) is 15.2 Å². The molecular weight excluding hydrogens is 509 g/mol. The van der Waals surface area contributed by atoms with E-state index in [0.29, 0.717) is 12.8 Å². The molecule has 2 heterocycles. The summed E-state index contributed by atoms with van der Waals surface area (Å²) >= 11 is 0. The molecule has 0 bridgehead atoms. The number of anilines is 2. The zero-order valence-corrected chi connectivity index (χ0v) is 20.7. The number of nitrogens with zero attached hydrogens (tertiary/aromatic N) is 2. The minimum Gasteiger partial charge on any atom is -0.465 e. The molecule has 3 aromatic rings. The van der Waals surface area contributed by atoms with Crippen molar-refractivity contribution in [2.45, 2.75) is 19.3 Å². The number of carboxylic acid groups (broad SMARTS) is 1. The van der Waals surface area contributed by atoms with Crippen LogP contribution < -0.4 is 20.7 Å². The summed E-state index contributed by atoms with van der Waals surface area (Å²) in [5.41, 5.74) is 0.858. The number of likely N-dealkylation sites (tertiary alicyclic amines) is 1. The van der Waals surface area contributed by atoms with Crippen LogP contribution in [-0.2, 0) is 16.0 Å². The zero-order valence-electron chi connectivity index (χ0n) is 20.7. The summed E-state index contributed by atoms with van der Waals surface area (Å²) in [6, 6.07) is 14.8. The number of aromatic nitrogens is 1. The van der Waals surface area contributed by atoms with Gasteiger partial charge in [-0.3, -0.25) is 14.9 Å². The van der Waals surface area contributed by atoms with E-state index in [1.165, 1.54) is 35.4 Å². The van der Waals surface area contributed by atoms with Gasteiger partial charge in [0.05, 0.1) is 6.42 Å². The number of halogens is 1. The molecule has 0 radical (unpaired) electrons. The molecule has 39 heavy (non-hydrogen) atoms. The van der Waals surface area contributed by atoms with Crippen LogP contribution in [0.1, 0.15) is 18.4 Å². The number of carbonyl (C=O) groups excluding carboxylic acids is 3. The number of ether oxygens (including phenoxy) is 1. The lowest BCUT2D eigenvalue weighted by Gasteiger charge is -2.29. The quantitative estimate of drug-likeness (QED) is 0.354. The van der Waals surface area contributed by atoms with Crippen molar-refractivity contribution in [3.05, 3.63) is 78.2 Å². The highest BCUT2D eigenvalue weighted by Crippen LogP contribution is 2.28. The fourth-order valence-electron chi connectivity index (χ4n) is 4.01. The predicted molar refractivity (Wildman–Crippen MR) is 139 cm³/mol. The van der Waals surface area contributed by atoms with Crippen molar-refractivity contribution < 1.29 is 33.4 Å². The Labute approximate surface area is 223 Å². The van der Waals surface area contributed by atoms with Crippen LogP contribution in [0, 0.1) is 11.7 Å². The highest BCUT2D eigenvalue weighted by molar-refractivity contribution is 6.01. The largest absolute Gasteiger partial charge is 0.465 e. The first kappa shape index (κ1) is 27.0. The lowest BCUT2D eigenvalue weighted by atomic mass is 9.96. The first-order valence-electron chi connectivity index (χ1n) is 12.1. The van der Waals surface area contributed by atoms with Gasteiger partial charge in [0.25, 0.3) is 0 Å². The molecule has 4 N–H and O–H groups in total. The molecule has 202 valence electrons. The van der Waals surface area contributed by atoms with Crippen LogP contribution in [0.15, 0.2) is 66.9 Å². The van der Waals surface area contributed by atoms with E-state index < -0.39 is 23.8 Å². The summed E-state index contributed by atoms with van der Waals surface area (Å²) in [4.78, 5) is 53.1. The fraction of sp³-hybridized carbons (Fsp3) is 0.222. The minimum absolute atomic E-state index is 0.0216. The number of piperidine rings is 1. The van der Waals surface area contributed by atoms with Gasteiger partial charge in [-0.1, -0.05) is 30.3 Å². The topological polar surface area (TPSA) is 150 Å². The van der Waals surface area contributed by atoms with Crippen LogP contribution in [0.25, 0.3) is 0 Å². The third-order valence-electron chi connectivity index (χ3n) is 6.00. The fourth-order valence-corrected chi connectivity index (χ4v) is 4.01. The number of rotatable bonds is 7. The van der Waals surface area contributed by atoms with E-state index in [-0.39, 0.29) is 54.3 Å². The van der Waals surface area contributed by atoms with Crippen LogP contribution in [0.4, 0.5) is 25.5 Å². The predicted octanol–water partition coefficient (Wildman–Crippen LogP) is 4.23. The van der Waals surface area contributed by atoms with Crippen molar-refractivity contribution in [2.75, 3.05) is 23.7 Å². The van der Waals surface area contributed by atoms with Gasteiger partial charge in [0.1, 0.15) is 11.6 Å². The Morgan fingerprint density at radius 1 is 1.00 bits per heavy atom. The molecule has 5 amide bonds. The van der Waals surface area contributed by atoms with Crippen molar-refractivity contribution >= 4 is 35.4 Å². The van der Waals surface area contributed by atoms with Crippen LogP contribution in [-0.4, -0.2) is 52.0 Å². The molecule has 0 aliphatic carbocycles. The van der Waals surface area contributed by atoms with Crippen LogP contribution in [0.2, 0.25) is 0 Å². The molecule has 1 aromatic heterocycles. The molecule has 11 nitrogen and oxygen atoms in total. The van der Waals surface area contributed by atoms with E-state index >= 15 is 0 Å². The Morgan fingerprint density at radius 3 is 2.44 bits per heavy atom. The molecular formula is C27H26FN5O6. The number of amides is 5. The second kappa shape index (κ2) is 12.5. The summed E-state index contributed by atoms with van der Waals surface area (Å²) < 4.78 is 20.3. The lowest BCUT2D eigenvalue weighted by Crippen LogP contribution is -2.40. The first-order valence-corrected chi connectivity index (χ1v) is 12.1. The van der Waals surface area contributed by atoms with E-state index in [2.05, 4.69) is 20.9 Å². The molecule has 1 fully saturated rings. The highest BCUT2D eigenvalue weighted by Gasteiger charge is 2.27. The average molecular weight is 536 g/mol. The number of carbonyl (C=O) groups is 4. The maximum Gasteiger partial charge on any atom is 0.407 e. The number of urea groups is 1. The number of imide groups is 1. The van der Waals surface area contributed by atoms with Gasteiger partial charge in [0.2, 0.25) is 11.8 Å². The van der Waals surface area contributed by atoms with Crippen LogP contribution in [0.3, 0.4) is 0 Å². The molecule has 4 rings (SSSR count). The van der Waals surface area contributed by atoms with Gasteiger partial charge in [-0.05, 0) is 36.6 Å². The highest BCUT2D eigenvalue weighted by atomic mass is 19.1. The molecule has 0 saturated carbocycles. The average Bonchev–Trinajstić information content (AvgIpc) is 2.91. The van der Waals surface area contributed by atoms with Crippen molar-refractivity contribution in [2.24, 2.45) is 5.92 Å². The third-order valence-corrected chi connectivity index (χ3v) is 6.00. The Bertz CT molecular complexity index is 1360. The minimum atomic E-state index is -1.01. The summed E-state index contributed by atoms with van der Waals surface area (Å²) in [5, 5.41) is 16.3. The molecule has 0 unspecified atom stereocenters. The Balaban J connectivity index is 1.30. The maximum atomic E-state index is 14.7. The van der Waals surface area contributed by atoms with E-state index in [4.69, 9.17) is 9.84 Å². The van der Waals surface area contributed by atoms with E-state index in [0.717, 1.165) is 11.6 Å². The van der Waals surface area contributed by atoms with Gasteiger partial charge < -0.3 is 25.4 Å². The van der Waals surface area contributed by atoms with Crippen LogP contribution in [0.5, 0.6) is 11.5 Å². The Hall–Kier alpha value is -5.00. The number of benzene rings is 2. The van der Waals surface area contributed by atoms with Gasteiger partial charge in [0, 0.05) is 43.0 Å². The number of hydrogen-bond acceptors (Lipinski definition) is 6. The molecule has 1 aliphatic rings. The summed E-state index contributed by atoms with van der Waals surface area (Å²) in [6.07, 6.45) is 1.21. The monoisotopic (exact) mass is 535 g/mol. The summed E-state index contributed by atoms with van der Waals surface area (Å²) in [5.74, 6) is -1.63. The zero-order chi connectivity index (χ0) is 27.8. The maximum absolute atomic E-state index is 14.7. The molecule has 0 atom stereocenters. The standard InChI is InChI=1S/C27H26FN5O6/c28-21-15-19(30-26(36)32-24(34)14-17-4-2-1-3-5-17)6-7-22(21)39-20-8-11-29-23(16-20)31-25(35)18-9-12-33(13-10-18)27(37)38/h1-8,11,15-16,18H,9-10,12-14H2,(H,37,38)(H,29,31,35)(H2,30,32,34,36). The molecule has 2 aromatic carbocycles. The summed E-state index contributed by atoms with van der Waals surface area (Å²) in [7, 11) is 0. The lowest BCUT2D eigenvalue weighted by molar-refractivity contribution is -0.121. The summed E-state index contributed by atoms with van der Waals surface area (Å²) in [6.45, 7) is 0.555. The number of nitrogens with one attached hydrogen (secondary N) is 3. The second-order valence-electron chi connectivity index (χ2n) is 8.82. The third kappa shape index (κ3) is 7.74. The number of hydrogen-bond donors (Lipinski definition) is 4. The van der Waals surface area contributed by atoms with E-state index in [1.807, 2.05) is 6.07 Å². The van der Waals surface area contributed by atoms with Gasteiger partial charge in [0.15, 0.2) is 11.6 Å². The van der Waals surface area contributed by atoms with Crippen LogP contribution >= 0.6 is 0 Å². The van der Waals surface area contributed by atoms with Crippen molar-refractivity contribution in [3.8, 4) is 11.5 Å². The van der Waals surface area contributed by atoms with Crippen molar-refractivity contribution in [1.29, 1.82) is 0 Å². The molecule has 1 aliphatic heterocycles. The Kier molecular flexibility index (Phi) is 8.67. The van der Waals surface area contributed by atoms with E-state index in [9.17, 15) is 23.6 Å². The smallest absolute Gasteiger partial charge is 0.407 e. The van der Waals surface area contributed by atoms with Gasteiger partial charge >= 0.3 is 12.1 Å². The van der Waals surface area contributed by atoms with Gasteiger partial charge in [-0.25, -0.2) is 19.0 Å². The van der Waals surface area contributed by atoms with Gasteiger partial charge in [-0.2, -0.15) is 0 Å². The number of pyridine rings is 1. The molecule has 0 spiro atoms. The van der Waals surface area contributed by atoms with Gasteiger partial charge in [-0.15, -0.1) is 0 Å². The molecule has 12 heteroatoms. The Morgan fingerprint density at radius 2 is 1.74 bits per heavy atom. The first-order chi connectivity index (χ1) is 18.8. The second-order valence-corrected chi connectivity index (χ2v) is 8.82. The normalized spacial score (nSPS) is 13.3. The molecule has 1 saturated heterocycles. The van der Waals surface area contributed by atoms with Crippen molar-refractivity contribution in [3.63, 3.8) is 0 Å². The SMILES string of the molecule is O=C(Cc1ccccc1)NC(=O)Nc1ccc(Oc2ccnc(NC(=O)C3CCN(C(=O)O)CC3)c2)c(F)c1. The van der Waals surface area contributed by atoms with E-state index in [1.54, 1.807) is 24.3 Å².